The summed E-state index contributed by atoms with van der Waals surface area (Å²) in [5, 5.41) is 24.5. The maximum atomic E-state index is 14.8. The number of amides is 13. The highest BCUT2D eigenvalue weighted by molar-refractivity contribution is 5.99. The number of rotatable bonds is 43. The Balaban J connectivity index is 1.60. The summed E-state index contributed by atoms with van der Waals surface area (Å²) in [7, 11) is 0. The molecule has 0 radical (unpaired) electrons. The van der Waals surface area contributed by atoms with Gasteiger partial charge >= 0.3 is 0 Å². The predicted molar refractivity (Wildman–Crippen MR) is 361 cm³/mol. The van der Waals surface area contributed by atoms with Crippen LogP contribution in [0.5, 0.6) is 0 Å². The molecule has 0 unspecified atom stereocenters. The first-order valence-electron chi connectivity index (χ1n) is 33.2. The predicted octanol–water partition coefficient (Wildman–Crippen LogP) is -2.33. The number of unbranched alkanes of at least 4 members (excludes halogenated alkanes) is 2. The molecule has 2 aromatic rings. The lowest BCUT2D eigenvalue weighted by Gasteiger charge is -2.32. The van der Waals surface area contributed by atoms with Crippen LogP contribution < -0.4 is 82.7 Å². The van der Waals surface area contributed by atoms with Crippen molar-refractivity contribution < 1.29 is 62.3 Å². The van der Waals surface area contributed by atoms with Gasteiger partial charge in [-0.25, -0.2) is 0 Å². The fourth-order valence-electron chi connectivity index (χ4n) is 11.3. The summed E-state index contributed by atoms with van der Waals surface area (Å²) in [5.74, 6) is -10.7. The number of nitrogens with zero attached hydrogens (tertiary/aromatic N) is 6. The molecule has 2 aliphatic rings. The Kier molecular flexibility index (Phi) is 34.4. The number of hydrogen-bond donors (Lipinski definition) is 15. The first kappa shape index (κ1) is 80.5. The van der Waals surface area contributed by atoms with E-state index in [-0.39, 0.29) is 88.7 Å². The van der Waals surface area contributed by atoms with Gasteiger partial charge in [-0.15, -0.1) is 0 Å². The lowest BCUT2D eigenvalue weighted by Crippen LogP contribution is -2.60. The van der Waals surface area contributed by atoms with E-state index in [9.17, 15) is 62.3 Å². The molecule has 22 N–H and O–H groups in total. The molecule has 0 saturated carbocycles. The molecule has 2 aromatic carbocycles. The first-order valence-corrected chi connectivity index (χ1v) is 33.2. The molecular formula is C64H99N21O13. The molecular weight excluding hydrogens is 1270 g/mol. The molecule has 0 aromatic heterocycles. The maximum Gasteiger partial charge on any atom is 0.245 e. The highest BCUT2D eigenvalue weighted by atomic mass is 16.2. The molecule has 538 valence electrons. The van der Waals surface area contributed by atoms with Gasteiger partial charge < -0.3 is 92.5 Å². The number of hydrogen-bond acceptors (Lipinski definition) is 17. The molecule has 4 rings (SSSR count). The molecule has 98 heavy (non-hydrogen) atoms. The van der Waals surface area contributed by atoms with Gasteiger partial charge in [0, 0.05) is 55.9 Å². The van der Waals surface area contributed by atoms with Crippen LogP contribution in [-0.4, -0.2) is 186 Å². The SMILES string of the molecule is CCCC[C@H](NC(=O)[C@H](CC(C)C)NC(=O)CNC(=O)[C@H](Cc1ccc(N=[N+]=[N-])cc1)NC(=O)[C@H](Cc1ccccc1)NC(=O)[C@H](CCC(N)=O)NC(=O)[C@H](CCC(N)=O)NC(=O)[C@@H]1CCCN1C(=O)[C@H](CCCCN)NC(=O)[C@@H]1CCCN1C(=O)[C@@H](N)CCCN=C(N)N)C(N)=O. The van der Waals surface area contributed by atoms with Crippen molar-refractivity contribution in [3.05, 3.63) is 76.2 Å². The second-order valence-electron chi connectivity index (χ2n) is 24.9. The Morgan fingerprint density at radius 1 is 0.561 bits per heavy atom. The van der Waals surface area contributed by atoms with E-state index in [0.29, 0.717) is 56.1 Å². The van der Waals surface area contributed by atoms with E-state index < -0.39 is 169 Å². The van der Waals surface area contributed by atoms with Crippen molar-refractivity contribution in [1.82, 2.24) is 52.3 Å². The fourth-order valence-corrected chi connectivity index (χ4v) is 11.3. The minimum absolute atomic E-state index is 0.0599. The standard InChI is InChI=1S/C64H99N21O13/c1-4-5-17-42(54(69)89)76-58(93)46(33-37(2)3)75-53(88)36-74-55(90)47(35-39-21-23-40(24-22-39)82-83-72)80-59(94)48(34-38-14-7-6-8-15-38)81-57(92)43(25-27-51(67)86)77-56(91)44(26-28-52(68)87)78-60(95)50-20-13-32-85(50)63(98)45(18-9-10-29-65)79-61(96)49-19-12-31-84(49)62(97)41(66)16-11-30-73-64(70)71/h6-8,14-15,21-24,37,41-50H,4-5,9-13,16-20,25-36,65-66H2,1-3H3,(H2,67,86)(H2,68,87)(H2,69,89)(H,74,90)(H,75,88)(H,76,93)(H,77,91)(H,78,95)(H,79,96)(H,80,94)(H,81,92)(H4,70,71,73)/t41-,42-,43-,44-,45-,46-,47-,48-,49-,50-/m0/s1. The quantitative estimate of drug-likeness (QED) is 0.00827. The molecule has 0 aliphatic carbocycles. The van der Waals surface area contributed by atoms with Gasteiger partial charge in [0.2, 0.25) is 76.8 Å². The number of carbonyl (C=O) groups excluding carboxylic acids is 13. The maximum absolute atomic E-state index is 14.8. The topological polar surface area (TPSA) is 568 Å². The number of nitrogens with two attached hydrogens (primary N) is 7. The minimum atomic E-state index is -1.68. The Morgan fingerprint density at radius 2 is 1.06 bits per heavy atom. The number of nitrogens with one attached hydrogen (secondary N) is 8. The zero-order valence-electron chi connectivity index (χ0n) is 56.0. The van der Waals surface area contributed by atoms with Gasteiger partial charge in [-0.05, 0) is 113 Å². The van der Waals surface area contributed by atoms with E-state index in [4.69, 9.17) is 45.7 Å². The number of aliphatic imine (C=N–C) groups is 1. The summed E-state index contributed by atoms with van der Waals surface area (Å²) in [4.78, 5) is 188. The molecule has 13 amide bonds. The first-order chi connectivity index (χ1) is 46.7. The van der Waals surface area contributed by atoms with Crippen LogP contribution in [0.15, 0.2) is 64.7 Å². The van der Waals surface area contributed by atoms with E-state index in [0.717, 1.165) is 6.42 Å². The Bertz CT molecular complexity index is 3150. The third kappa shape index (κ3) is 27.6. The largest absolute Gasteiger partial charge is 0.370 e. The minimum Gasteiger partial charge on any atom is -0.370 e. The monoisotopic (exact) mass is 1370 g/mol. The van der Waals surface area contributed by atoms with Crippen molar-refractivity contribution in [2.24, 2.45) is 56.2 Å². The molecule has 2 aliphatic heterocycles. The molecule has 10 atom stereocenters. The molecule has 0 spiro atoms. The van der Waals surface area contributed by atoms with Crippen LogP contribution in [0.1, 0.15) is 141 Å². The van der Waals surface area contributed by atoms with Crippen LogP contribution in [0, 0.1) is 5.92 Å². The molecule has 0 bridgehead atoms. The number of azide groups is 1. The van der Waals surface area contributed by atoms with E-state index >= 15 is 0 Å². The second-order valence-corrected chi connectivity index (χ2v) is 24.9. The van der Waals surface area contributed by atoms with Crippen molar-refractivity contribution in [2.45, 2.75) is 203 Å². The summed E-state index contributed by atoms with van der Waals surface area (Å²) in [5.41, 5.74) is 49.7. The number of carbonyl (C=O) groups is 13. The lowest BCUT2D eigenvalue weighted by atomic mass is 10.0. The Hall–Kier alpha value is -9.95. The summed E-state index contributed by atoms with van der Waals surface area (Å²) < 4.78 is 0. The third-order valence-corrected chi connectivity index (χ3v) is 16.5. The summed E-state index contributed by atoms with van der Waals surface area (Å²) in [6.45, 7) is 5.65. The van der Waals surface area contributed by atoms with Crippen LogP contribution in [0.25, 0.3) is 10.4 Å². The van der Waals surface area contributed by atoms with Crippen molar-refractivity contribution >= 4 is 88.4 Å². The van der Waals surface area contributed by atoms with Gasteiger partial charge in [0.05, 0.1) is 12.6 Å². The number of guanidine groups is 1. The van der Waals surface area contributed by atoms with Crippen molar-refractivity contribution in [2.75, 3.05) is 32.7 Å². The average molecular weight is 1370 g/mol. The zero-order chi connectivity index (χ0) is 72.4. The van der Waals surface area contributed by atoms with Gasteiger partial charge in [-0.1, -0.05) is 93.3 Å². The molecule has 2 heterocycles. The number of primary amides is 3. The highest BCUT2D eigenvalue weighted by Gasteiger charge is 2.42. The van der Waals surface area contributed by atoms with Crippen LogP contribution in [0.3, 0.4) is 0 Å². The van der Waals surface area contributed by atoms with Gasteiger partial charge in [-0.2, -0.15) is 0 Å². The van der Waals surface area contributed by atoms with Gasteiger partial charge in [0.25, 0.3) is 0 Å². The third-order valence-electron chi connectivity index (χ3n) is 16.5. The van der Waals surface area contributed by atoms with E-state index in [1.807, 2.05) is 20.8 Å². The van der Waals surface area contributed by atoms with Gasteiger partial charge in [-0.3, -0.25) is 67.3 Å². The van der Waals surface area contributed by atoms with Crippen LogP contribution in [0.4, 0.5) is 5.69 Å². The van der Waals surface area contributed by atoms with Crippen LogP contribution in [0.2, 0.25) is 0 Å². The van der Waals surface area contributed by atoms with Crippen molar-refractivity contribution in [3.8, 4) is 0 Å². The lowest BCUT2D eigenvalue weighted by molar-refractivity contribution is -0.144. The van der Waals surface area contributed by atoms with E-state index in [1.54, 1.807) is 30.3 Å². The smallest absolute Gasteiger partial charge is 0.245 e. The second kappa shape index (κ2) is 41.9. The van der Waals surface area contributed by atoms with Crippen LogP contribution in [-0.2, 0) is 75.2 Å². The molecule has 34 heteroatoms. The Morgan fingerprint density at radius 3 is 1.59 bits per heavy atom. The Labute approximate surface area is 569 Å². The zero-order valence-corrected chi connectivity index (χ0v) is 56.0. The number of likely N-dealkylation sites (tertiary alicyclic amines) is 2. The fraction of sp³-hybridized carbons (Fsp3) is 0.594. The van der Waals surface area contributed by atoms with Crippen molar-refractivity contribution in [3.63, 3.8) is 0 Å². The normalized spacial score (nSPS) is 16.6. The molecule has 2 fully saturated rings. The van der Waals surface area contributed by atoms with Gasteiger partial charge in [0.1, 0.15) is 54.4 Å². The average Bonchev–Trinajstić information content (AvgIpc) is 1.61. The summed E-state index contributed by atoms with van der Waals surface area (Å²) in [6.07, 6.45) is 2.24. The van der Waals surface area contributed by atoms with E-state index in [1.165, 1.54) is 34.1 Å². The van der Waals surface area contributed by atoms with E-state index in [2.05, 4.69) is 57.6 Å². The summed E-state index contributed by atoms with van der Waals surface area (Å²) in [6, 6.07) is 1.50. The van der Waals surface area contributed by atoms with Gasteiger partial charge in [0.15, 0.2) is 5.96 Å². The number of benzene rings is 2. The van der Waals surface area contributed by atoms with Crippen molar-refractivity contribution in [1.29, 1.82) is 0 Å². The highest BCUT2D eigenvalue weighted by Crippen LogP contribution is 2.24. The molecule has 34 nitrogen and oxygen atoms in total. The van der Waals surface area contributed by atoms with Crippen LogP contribution >= 0.6 is 0 Å². The summed E-state index contributed by atoms with van der Waals surface area (Å²) >= 11 is 0. The molecule has 2 saturated heterocycles.